The molecule has 0 unspecified atom stereocenters. The van der Waals surface area contributed by atoms with E-state index in [0.717, 1.165) is 31.6 Å². The molecule has 0 saturated carbocycles. The largest absolute Gasteiger partial charge is 0.491 e. The van der Waals surface area contributed by atoms with Crippen LogP contribution in [0.5, 0.6) is 5.75 Å². The molecule has 1 aromatic rings. The molecule has 2 rings (SSSR count). The van der Waals surface area contributed by atoms with Gasteiger partial charge in [0.05, 0.1) is 6.61 Å². The third kappa shape index (κ3) is 4.47. The van der Waals surface area contributed by atoms with E-state index in [1.54, 1.807) is 7.11 Å². The lowest BCUT2D eigenvalue weighted by Crippen LogP contribution is -2.17. The van der Waals surface area contributed by atoms with Crippen LogP contribution in [0.3, 0.4) is 0 Å². The first-order valence-corrected chi connectivity index (χ1v) is 7.39. The minimum atomic E-state index is 0.160. The van der Waals surface area contributed by atoms with Crippen LogP contribution in [0.1, 0.15) is 36.4 Å². The van der Waals surface area contributed by atoms with Gasteiger partial charge in [0.2, 0.25) is 0 Å². The number of rotatable bonds is 8. The quantitative estimate of drug-likeness (QED) is 0.743. The summed E-state index contributed by atoms with van der Waals surface area (Å²) in [6.07, 6.45) is 4.30. The zero-order valence-corrected chi connectivity index (χ0v) is 12.3. The molecule has 1 aliphatic carbocycles. The van der Waals surface area contributed by atoms with Gasteiger partial charge in [0.15, 0.2) is 0 Å². The summed E-state index contributed by atoms with van der Waals surface area (Å²) in [5.74, 6) is 0.890. The lowest BCUT2D eigenvalue weighted by molar-refractivity contribution is 0.0806. The number of methoxy groups -OCH3 is 1. The van der Waals surface area contributed by atoms with Crippen molar-refractivity contribution in [1.82, 2.24) is 0 Å². The summed E-state index contributed by atoms with van der Waals surface area (Å²) in [4.78, 5) is 0. The predicted molar refractivity (Wildman–Crippen MR) is 79.1 cm³/mol. The van der Waals surface area contributed by atoms with E-state index >= 15 is 0 Å². The predicted octanol–water partition coefficient (Wildman–Crippen LogP) is 2.45. The van der Waals surface area contributed by atoms with Crippen LogP contribution in [0.4, 0.5) is 0 Å². The standard InChI is InChI=1S/C16H25NO3/c1-18-8-3-9-19-10-11-20-14-7-6-13-4-2-5-16(17)15(13)12-14/h6-7,12,16H,2-5,8-11,17H2,1H3/t16-/m1/s1. The average Bonchev–Trinajstić information content (AvgIpc) is 2.47. The Morgan fingerprint density at radius 3 is 2.95 bits per heavy atom. The maximum atomic E-state index is 6.15. The fraction of sp³-hybridized carbons (Fsp3) is 0.625. The van der Waals surface area contributed by atoms with Crippen molar-refractivity contribution < 1.29 is 14.2 Å². The van der Waals surface area contributed by atoms with Crippen LogP contribution in [0, 0.1) is 0 Å². The molecule has 0 aliphatic heterocycles. The molecule has 0 aromatic heterocycles. The van der Waals surface area contributed by atoms with E-state index in [0.29, 0.717) is 19.8 Å². The summed E-state index contributed by atoms with van der Waals surface area (Å²) in [7, 11) is 1.70. The second-order valence-corrected chi connectivity index (χ2v) is 5.17. The van der Waals surface area contributed by atoms with Crippen LogP contribution >= 0.6 is 0 Å². The van der Waals surface area contributed by atoms with Crippen molar-refractivity contribution in [3.05, 3.63) is 29.3 Å². The van der Waals surface area contributed by atoms with Crippen LogP contribution in [0.25, 0.3) is 0 Å². The zero-order chi connectivity index (χ0) is 14.2. The van der Waals surface area contributed by atoms with E-state index in [2.05, 4.69) is 12.1 Å². The van der Waals surface area contributed by atoms with E-state index in [4.69, 9.17) is 19.9 Å². The van der Waals surface area contributed by atoms with Crippen molar-refractivity contribution in [2.75, 3.05) is 33.5 Å². The van der Waals surface area contributed by atoms with Gasteiger partial charge in [-0.25, -0.2) is 0 Å². The Labute approximate surface area is 121 Å². The molecule has 0 saturated heterocycles. The molecule has 0 heterocycles. The molecular weight excluding hydrogens is 254 g/mol. The maximum absolute atomic E-state index is 6.15. The normalized spacial score (nSPS) is 17.8. The summed E-state index contributed by atoms with van der Waals surface area (Å²) in [5.41, 5.74) is 8.76. The number of hydrogen-bond donors (Lipinski definition) is 1. The smallest absolute Gasteiger partial charge is 0.119 e. The van der Waals surface area contributed by atoms with Crippen molar-refractivity contribution in [3.8, 4) is 5.75 Å². The molecular formula is C16H25NO3. The molecule has 0 spiro atoms. The lowest BCUT2D eigenvalue weighted by atomic mass is 9.88. The van der Waals surface area contributed by atoms with Gasteiger partial charge in [0.25, 0.3) is 0 Å². The second-order valence-electron chi connectivity index (χ2n) is 5.17. The highest BCUT2D eigenvalue weighted by Gasteiger charge is 2.17. The Morgan fingerprint density at radius 1 is 1.20 bits per heavy atom. The molecule has 2 N–H and O–H groups in total. The van der Waals surface area contributed by atoms with Crippen LogP contribution in [-0.2, 0) is 15.9 Å². The molecule has 1 aromatic carbocycles. The Hall–Kier alpha value is -1.10. The molecule has 4 nitrogen and oxygen atoms in total. The average molecular weight is 279 g/mol. The first-order valence-electron chi connectivity index (χ1n) is 7.39. The van der Waals surface area contributed by atoms with Gasteiger partial charge in [-0.1, -0.05) is 6.07 Å². The molecule has 0 amide bonds. The number of hydrogen-bond acceptors (Lipinski definition) is 4. The molecule has 1 aliphatic rings. The summed E-state index contributed by atoms with van der Waals surface area (Å²) in [6, 6.07) is 6.42. The van der Waals surface area contributed by atoms with Crippen LogP contribution in [-0.4, -0.2) is 33.5 Å². The van der Waals surface area contributed by atoms with Crippen molar-refractivity contribution >= 4 is 0 Å². The van der Waals surface area contributed by atoms with Crippen LogP contribution in [0.15, 0.2) is 18.2 Å². The van der Waals surface area contributed by atoms with Crippen molar-refractivity contribution in [2.24, 2.45) is 5.73 Å². The Morgan fingerprint density at radius 2 is 2.10 bits per heavy atom. The minimum absolute atomic E-state index is 0.160. The van der Waals surface area contributed by atoms with Gasteiger partial charge in [-0.3, -0.25) is 0 Å². The van der Waals surface area contributed by atoms with E-state index in [1.165, 1.54) is 17.5 Å². The van der Waals surface area contributed by atoms with Gasteiger partial charge in [-0.05, 0) is 48.9 Å². The molecule has 0 radical (unpaired) electrons. The SMILES string of the molecule is COCCCOCCOc1ccc2c(c1)[C@H](N)CCC2. The van der Waals surface area contributed by atoms with Crippen molar-refractivity contribution in [1.29, 1.82) is 0 Å². The van der Waals surface area contributed by atoms with Gasteiger partial charge in [-0.15, -0.1) is 0 Å². The molecule has 20 heavy (non-hydrogen) atoms. The third-order valence-corrected chi connectivity index (χ3v) is 3.61. The third-order valence-electron chi connectivity index (χ3n) is 3.61. The zero-order valence-electron chi connectivity index (χ0n) is 12.3. The lowest BCUT2D eigenvalue weighted by Gasteiger charge is -2.22. The van der Waals surface area contributed by atoms with E-state index in [-0.39, 0.29) is 6.04 Å². The van der Waals surface area contributed by atoms with E-state index in [9.17, 15) is 0 Å². The number of aryl methyl sites for hydroxylation is 1. The highest BCUT2D eigenvalue weighted by Crippen LogP contribution is 2.30. The molecule has 4 heteroatoms. The van der Waals surface area contributed by atoms with E-state index < -0.39 is 0 Å². The fourth-order valence-electron chi connectivity index (χ4n) is 2.53. The van der Waals surface area contributed by atoms with Crippen molar-refractivity contribution in [2.45, 2.75) is 31.7 Å². The second kappa shape index (κ2) is 8.25. The first kappa shape index (κ1) is 15.3. The van der Waals surface area contributed by atoms with Gasteiger partial charge in [0.1, 0.15) is 12.4 Å². The van der Waals surface area contributed by atoms with Gasteiger partial charge in [-0.2, -0.15) is 0 Å². The van der Waals surface area contributed by atoms with Crippen molar-refractivity contribution in [3.63, 3.8) is 0 Å². The van der Waals surface area contributed by atoms with E-state index in [1.807, 2.05) is 6.07 Å². The fourth-order valence-corrected chi connectivity index (χ4v) is 2.53. The Kier molecular flexibility index (Phi) is 6.30. The highest BCUT2D eigenvalue weighted by molar-refractivity contribution is 5.39. The maximum Gasteiger partial charge on any atom is 0.119 e. The Balaban J connectivity index is 1.72. The minimum Gasteiger partial charge on any atom is -0.491 e. The molecule has 1 atom stereocenters. The topological polar surface area (TPSA) is 53.7 Å². The summed E-state index contributed by atoms with van der Waals surface area (Å²) < 4.78 is 16.1. The summed E-state index contributed by atoms with van der Waals surface area (Å²) in [6.45, 7) is 2.63. The van der Waals surface area contributed by atoms with Crippen LogP contribution in [0.2, 0.25) is 0 Å². The van der Waals surface area contributed by atoms with Gasteiger partial charge in [0, 0.05) is 26.4 Å². The molecule has 0 bridgehead atoms. The van der Waals surface area contributed by atoms with Gasteiger partial charge < -0.3 is 19.9 Å². The number of benzene rings is 1. The summed E-state index contributed by atoms with van der Waals surface area (Å²) >= 11 is 0. The molecule has 112 valence electrons. The van der Waals surface area contributed by atoms with Gasteiger partial charge >= 0.3 is 0 Å². The molecule has 0 fully saturated rings. The number of ether oxygens (including phenoxy) is 3. The first-order chi connectivity index (χ1) is 9.81. The number of nitrogens with two attached hydrogens (primary N) is 1. The highest BCUT2D eigenvalue weighted by atomic mass is 16.5. The Bertz CT molecular complexity index is 409. The summed E-state index contributed by atoms with van der Waals surface area (Å²) in [5, 5.41) is 0. The monoisotopic (exact) mass is 279 g/mol. The number of fused-ring (bicyclic) bond motifs is 1. The van der Waals surface area contributed by atoms with Crippen LogP contribution < -0.4 is 10.5 Å².